The average molecular weight is 469 g/mol. The van der Waals surface area contributed by atoms with Crippen LogP contribution < -0.4 is 5.32 Å². The smallest absolute Gasteiger partial charge is 0.259 e. The molecule has 32 heavy (non-hydrogen) atoms. The van der Waals surface area contributed by atoms with Crippen LogP contribution in [0.5, 0.6) is 0 Å². The predicted octanol–water partition coefficient (Wildman–Crippen LogP) is 4.93. The second kappa shape index (κ2) is 10.3. The van der Waals surface area contributed by atoms with Crippen molar-refractivity contribution in [3.05, 3.63) is 64.7 Å². The van der Waals surface area contributed by atoms with E-state index in [0.29, 0.717) is 34.7 Å². The Kier molecular flexibility index (Phi) is 7.27. The number of unbranched alkanes of at least 4 members (excludes halogenated alkanes) is 1. The van der Waals surface area contributed by atoms with Crippen molar-refractivity contribution in [2.75, 3.05) is 6.54 Å². The fourth-order valence-electron chi connectivity index (χ4n) is 3.61. The Morgan fingerprint density at radius 2 is 1.97 bits per heavy atom. The molecule has 4 rings (SSSR count). The van der Waals surface area contributed by atoms with Gasteiger partial charge in [-0.2, -0.15) is 0 Å². The first-order chi connectivity index (χ1) is 15.6. The van der Waals surface area contributed by atoms with E-state index in [1.165, 1.54) is 11.8 Å². The first kappa shape index (κ1) is 22.6. The zero-order chi connectivity index (χ0) is 22.5. The van der Waals surface area contributed by atoms with E-state index < -0.39 is 6.04 Å². The van der Waals surface area contributed by atoms with Gasteiger partial charge >= 0.3 is 0 Å². The van der Waals surface area contributed by atoms with Crippen LogP contribution in [0, 0.1) is 0 Å². The first-order valence-corrected chi connectivity index (χ1v) is 12.2. The van der Waals surface area contributed by atoms with Crippen LogP contribution in [0.15, 0.2) is 58.5 Å². The molecule has 0 saturated carbocycles. The van der Waals surface area contributed by atoms with Gasteiger partial charge in [-0.25, -0.2) is 9.89 Å². The lowest BCUT2D eigenvalue weighted by atomic mass is 10.1. The van der Waals surface area contributed by atoms with E-state index in [0.717, 1.165) is 29.7 Å². The monoisotopic (exact) mass is 468 g/mol. The number of fused-ring (bicyclic) bond motifs is 3. The summed E-state index contributed by atoms with van der Waals surface area (Å²) in [7, 11) is 0. The second-order valence-electron chi connectivity index (χ2n) is 7.68. The van der Waals surface area contributed by atoms with E-state index >= 15 is 0 Å². The number of halogens is 1. The van der Waals surface area contributed by atoms with Crippen LogP contribution >= 0.6 is 23.4 Å². The van der Waals surface area contributed by atoms with Crippen LogP contribution in [-0.2, 0) is 15.3 Å². The summed E-state index contributed by atoms with van der Waals surface area (Å²) >= 11 is 7.77. The third-order valence-corrected chi connectivity index (χ3v) is 6.72. The molecule has 1 N–H and O–H groups in total. The van der Waals surface area contributed by atoms with E-state index in [4.69, 9.17) is 21.6 Å². The molecule has 0 bridgehead atoms. The minimum Gasteiger partial charge on any atom is -0.356 e. The highest BCUT2D eigenvalue weighted by Crippen LogP contribution is 2.35. The number of rotatable bonds is 8. The lowest BCUT2D eigenvalue weighted by Crippen LogP contribution is -2.41. The molecule has 166 valence electrons. The van der Waals surface area contributed by atoms with Crippen molar-refractivity contribution in [1.29, 1.82) is 0 Å². The van der Waals surface area contributed by atoms with Gasteiger partial charge in [0.25, 0.3) is 5.91 Å². The molecule has 2 aliphatic heterocycles. The molecule has 2 heterocycles. The van der Waals surface area contributed by atoms with Crippen molar-refractivity contribution in [1.82, 2.24) is 10.2 Å². The predicted molar refractivity (Wildman–Crippen MR) is 131 cm³/mol. The molecule has 0 spiro atoms. The number of nitrogens with one attached hydrogen (secondary N) is 1. The topological polar surface area (TPSA) is 74.1 Å². The second-order valence-corrected chi connectivity index (χ2v) is 9.03. The number of amides is 2. The average Bonchev–Trinajstić information content (AvgIpc) is 3.14. The Balaban J connectivity index is 1.52. The summed E-state index contributed by atoms with van der Waals surface area (Å²) in [6, 6.07) is 14.7. The third-order valence-electron chi connectivity index (χ3n) is 5.36. The maximum absolute atomic E-state index is 13.3. The Morgan fingerprint density at radius 3 is 2.78 bits per heavy atom. The van der Waals surface area contributed by atoms with E-state index in [1.54, 1.807) is 4.90 Å². The molecule has 1 atom stereocenters. The number of benzene rings is 2. The quantitative estimate of drug-likeness (QED) is 0.558. The molecule has 0 fully saturated rings. The van der Waals surface area contributed by atoms with E-state index in [9.17, 15) is 9.59 Å². The molecule has 2 aromatic rings. The SMILES string of the molecule is CCCCNC(=O)CC[C@@H]1N=C2c3ccccc3N=C(SCc3ccccc3Cl)N2C1=O. The van der Waals surface area contributed by atoms with Gasteiger partial charge in [0.15, 0.2) is 5.17 Å². The number of carbonyl (C=O) groups is 2. The summed E-state index contributed by atoms with van der Waals surface area (Å²) in [4.78, 5) is 36.5. The molecule has 2 aliphatic rings. The van der Waals surface area contributed by atoms with Crippen LogP contribution in [-0.4, -0.2) is 40.3 Å². The van der Waals surface area contributed by atoms with Gasteiger partial charge in [0.1, 0.15) is 11.9 Å². The molecular weight excluding hydrogens is 444 g/mol. The number of para-hydroxylation sites is 1. The maximum atomic E-state index is 13.3. The number of aliphatic imine (C=N–C) groups is 2. The molecule has 8 heteroatoms. The highest BCUT2D eigenvalue weighted by atomic mass is 35.5. The van der Waals surface area contributed by atoms with Crippen molar-refractivity contribution in [2.45, 2.75) is 44.4 Å². The van der Waals surface area contributed by atoms with Gasteiger partial charge in [0.2, 0.25) is 5.91 Å². The Bertz CT molecular complexity index is 1090. The van der Waals surface area contributed by atoms with Crippen molar-refractivity contribution < 1.29 is 9.59 Å². The van der Waals surface area contributed by atoms with Crippen LogP contribution in [0.4, 0.5) is 5.69 Å². The molecular formula is C24H25ClN4O2S. The lowest BCUT2D eigenvalue weighted by Gasteiger charge is -2.25. The van der Waals surface area contributed by atoms with Crippen LogP contribution in [0.2, 0.25) is 5.02 Å². The number of hydrogen-bond acceptors (Lipinski definition) is 5. The number of hydrogen-bond donors (Lipinski definition) is 1. The summed E-state index contributed by atoms with van der Waals surface area (Å²) < 4.78 is 0. The van der Waals surface area contributed by atoms with Gasteiger partial charge in [-0.15, -0.1) is 0 Å². The van der Waals surface area contributed by atoms with Gasteiger partial charge in [-0.05, 0) is 36.6 Å². The molecule has 2 amide bonds. The van der Waals surface area contributed by atoms with E-state index in [1.807, 2.05) is 48.5 Å². The maximum Gasteiger partial charge on any atom is 0.259 e. The van der Waals surface area contributed by atoms with Crippen molar-refractivity contribution in [3.63, 3.8) is 0 Å². The molecule has 0 saturated heterocycles. The number of carbonyl (C=O) groups excluding carboxylic acids is 2. The van der Waals surface area contributed by atoms with Gasteiger partial charge in [0, 0.05) is 29.3 Å². The minimum absolute atomic E-state index is 0.0429. The third kappa shape index (κ3) is 4.89. The zero-order valence-electron chi connectivity index (χ0n) is 17.9. The summed E-state index contributed by atoms with van der Waals surface area (Å²) in [5.74, 6) is 1.01. The van der Waals surface area contributed by atoms with E-state index in [-0.39, 0.29) is 18.2 Å². The van der Waals surface area contributed by atoms with Gasteiger partial charge in [0.05, 0.1) is 5.69 Å². The highest BCUT2D eigenvalue weighted by molar-refractivity contribution is 8.13. The van der Waals surface area contributed by atoms with Crippen LogP contribution in [0.1, 0.15) is 43.7 Å². The molecule has 6 nitrogen and oxygen atoms in total. The van der Waals surface area contributed by atoms with Crippen LogP contribution in [0.25, 0.3) is 0 Å². The summed E-state index contributed by atoms with van der Waals surface area (Å²) in [5, 5.41) is 4.17. The lowest BCUT2D eigenvalue weighted by molar-refractivity contribution is -0.125. The number of nitrogens with zero attached hydrogens (tertiary/aromatic N) is 3. The standard InChI is InChI=1S/C24H25ClN4O2S/c1-2-3-14-26-21(30)13-12-20-23(31)29-22(27-20)17-9-5-7-11-19(17)28-24(29)32-15-16-8-4-6-10-18(16)25/h4-11,20H,2-3,12-15H2,1H3,(H,26,30)/t20-/m0/s1. The molecule has 0 aromatic heterocycles. The normalized spacial score (nSPS) is 16.9. The Hall–Kier alpha value is -2.64. The van der Waals surface area contributed by atoms with Gasteiger partial charge in [-0.3, -0.25) is 14.6 Å². The molecule has 0 aliphatic carbocycles. The summed E-state index contributed by atoms with van der Waals surface area (Å²) in [6.07, 6.45) is 2.62. The van der Waals surface area contributed by atoms with Crippen molar-refractivity contribution in [2.24, 2.45) is 9.98 Å². The number of thioether (sulfide) groups is 1. The van der Waals surface area contributed by atoms with Gasteiger partial charge < -0.3 is 5.32 Å². The van der Waals surface area contributed by atoms with Gasteiger partial charge in [-0.1, -0.05) is 67.0 Å². The van der Waals surface area contributed by atoms with Crippen LogP contribution in [0.3, 0.4) is 0 Å². The highest BCUT2D eigenvalue weighted by Gasteiger charge is 2.41. The fraction of sp³-hybridized carbons (Fsp3) is 0.333. The summed E-state index contributed by atoms with van der Waals surface area (Å²) in [5.41, 5.74) is 2.60. The number of amidine groups is 2. The fourth-order valence-corrected chi connectivity index (χ4v) is 4.89. The minimum atomic E-state index is -0.584. The summed E-state index contributed by atoms with van der Waals surface area (Å²) in [6.45, 7) is 2.74. The van der Waals surface area contributed by atoms with Crippen molar-refractivity contribution >= 4 is 51.9 Å². The first-order valence-electron chi connectivity index (χ1n) is 10.8. The molecule has 0 radical (unpaired) electrons. The van der Waals surface area contributed by atoms with Crippen molar-refractivity contribution in [3.8, 4) is 0 Å². The van der Waals surface area contributed by atoms with E-state index in [2.05, 4.69) is 12.2 Å². The Morgan fingerprint density at radius 1 is 1.19 bits per heavy atom. The molecule has 0 unspecified atom stereocenters. The Labute approximate surface area is 197 Å². The largest absolute Gasteiger partial charge is 0.356 e. The zero-order valence-corrected chi connectivity index (χ0v) is 19.5. The molecule has 2 aromatic carbocycles.